The molecule has 0 aliphatic heterocycles. The number of aliphatic carboxylic acids is 1. The van der Waals surface area contributed by atoms with Crippen molar-refractivity contribution in [2.24, 2.45) is 0 Å². The van der Waals surface area contributed by atoms with Gasteiger partial charge in [-0.25, -0.2) is 9.59 Å². The monoisotopic (exact) mass is 449 g/mol. The summed E-state index contributed by atoms with van der Waals surface area (Å²) in [5.41, 5.74) is 5.46. The molecule has 0 saturated heterocycles. The zero-order valence-electron chi connectivity index (χ0n) is 13.6. The van der Waals surface area contributed by atoms with Gasteiger partial charge in [-0.15, -0.1) is 0 Å². The number of nitrogen functional groups attached to an aromatic ring is 1. The van der Waals surface area contributed by atoms with Gasteiger partial charge in [-0.3, -0.25) is 4.79 Å². The fraction of sp³-hybridized carbons (Fsp3) is 0.400. The van der Waals surface area contributed by atoms with Crippen molar-refractivity contribution < 1.29 is 24.2 Å². The minimum absolute atomic E-state index is 0.166. The lowest BCUT2D eigenvalue weighted by Gasteiger charge is -2.21. The van der Waals surface area contributed by atoms with Crippen molar-refractivity contribution >= 4 is 46.2 Å². The van der Waals surface area contributed by atoms with Gasteiger partial charge in [-0.2, -0.15) is 0 Å². The second-order valence-corrected chi connectivity index (χ2v) is 7.22. The minimum Gasteiger partial charge on any atom is -0.480 e. The molecule has 0 aliphatic carbocycles. The standard InChI is InChI=1S/C15H20IN3O5/c1-15(2,3)24-14(23)18-7-11(13(21)22)19-12(20)9-5-4-8(16)6-10(9)17/h4-6,11H,7,17H2,1-3H3,(H,18,23)(H,19,20)(H,21,22). The number of carboxylic acids is 1. The molecule has 5 N–H and O–H groups in total. The van der Waals surface area contributed by atoms with E-state index in [0.29, 0.717) is 0 Å². The van der Waals surface area contributed by atoms with Gasteiger partial charge >= 0.3 is 12.1 Å². The third kappa shape index (κ3) is 6.60. The second-order valence-electron chi connectivity index (χ2n) is 5.98. The number of halogens is 1. The number of carbonyl (C=O) groups is 3. The first-order valence-corrected chi connectivity index (χ1v) is 8.13. The van der Waals surface area contributed by atoms with Gasteiger partial charge in [0.1, 0.15) is 11.6 Å². The summed E-state index contributed by atoms with van der Waals surface area (Å²) in [4.78, 5) is 35.0. The van der Waals surface area contributed by atoms with Gasteiger partial charge in [0.2, 0.25) is 0 Å². The molecular formula is C15H20IN3O5. The number of nitrogens with one attached hydrogen (secondary N) is 2. The fourth-order valence-corrected chi connectivity index (χ4v) is 2.19. The largest absolute Gasteiger partial charge is 0.480 e. The number of amides is 2. The number of benzene rings is 1. The number of carbonyl (C=O) groups excluding carboxylic acids is 2. The van der Waals surface area contributed by atoms with Gasteiger partial charge in [0.25, 0.3) is 5.91 Å². The molecule has 8 nitrogen and oxygen atoms in total. The van der Waals surface area contributed by atoms with Crippen molar-refractivity contribution in [2.45, 2.75) is 32.4 Å². The van der Waals surface area contributed by atoms with E-state index in [1.54, 1.807) is 32.9 Å². The van der Waals surface area contributed by atoms with E-state index < -0.39 is 29.6 Å². The number of nitrogens with two attached hydrogens (primary N) is 1. The van der Waals surface area contributed by atoms with Crippen LogP contribution < -0.4 is 16.4 Å². The molecule has 0 heterocycles. The van der Waals surface area contributed by atoms with Crippen LogP contribution in [0.15, 0.2) is 18.2 Å². The highest BCUT2D eigenvalue weighted by Gasteiger charge is 2.24. The Balaban J connectivity index is 2.71. The predicted octanol–water partition coefficient (Wildman–Crippen LogP) is 1.58. The van der Waals surface area contributed by atoms with Crippen LogP contribution in [0.2, 0.25) is 0 Å². The zero-order chi connectivity index (χ0) is 18.5. The molecule has 0 radical (unpaired) electrons. The molecule has 132 valence electrons. The summed E-state index contributed by atoms with van der Waals surface area (Å²) in [6, 6.07) is 3.47. The molecule has 0 fully saturated rings. The van der Waals surface area contributed by atoms with Gasteiger partial charge < -0.3 is 26.2 Å². The molecule has 24 heavy (non-hydrogen) atoms. The van der Waals surface area contributed by atoms with Crippen molar-refractivity contribution in [2.75, 3.05) is 12.3 Å². The van der Waals surface area contributed by atoms with Crippen molar-refractivity contribution in [3.63, 3.8) is 0 Å². The van der Waals surface area contributed by atoms with Gasteiger partial charge in [0.05, 0.1) is 12.1 Å². The molecule has 0 spiro atoms. The van der Waals surface area contributed by atoms with Crippen molar-refractivity contribution in [1.29, 1.82) is 0 Å². The van der Waals surface area contributed by atoms with Gasteiger partial charge in [-0.05, 0) is 61.6 Å². The van der Waals surface area contributed by atoms with E-state index in [9.17, 15) is 19.5 Å². The lowest BCUT2D eigenvalue weighted by Crippen LogP contribution is -2.49. The SMILES string of the molecule is CC(C)(C)OC(=O)NCC(NC(=O)c1ccc(I)cc1N)C(=O)O. The average Bonchev–Trinajstić information content (AvgIpc) is 2.40. The highest BCUT2D eigenvalue weighted by atomic mass is 127. The van der Waals surface area contributed by atoms with E-state index in [1.165, 1.54) is 6.07 Å². The Morgan fingerprint density at radius 2 is 1.96 bits per heavy atom. The van der Waals surface area contributed by atoms with Crippen molar-refractivity contribution in [3.8, 4) is 0 Å². The van der Waals surface area contributed by atoms with Crippen LogP contribution in [0.4, 0.5) is 10.5 Å². The van der Waals surface area contributed by atoms with Gasteiger partial charge in [0.15, 0.2) is 0 Å². The number of hydrogen-bond donors (Lipinski definition) is 4. The molecule has 0 aliphatic rings. The number of carboxylic acid groups (broad SMARTS) is 1. The van der Waals surface area contributed by atoms with E-state index in [-0.39, 0.29) is 17.8 Å². The maximum atomic E-state index is 12.2. The van der Waals surface area contributed by atoms with Crippen LogP contribution in [0.1, 0.15) is 31.1 Å². The van der Waals surface area contributed by atoms with Crippen LogP contribution in [0.25, 0.3) is 0 Å². The normalized spacial score (nSPS) is 12.2. The van der Waals surface area contributed by atoms with E-state index in [1.807, 2.05) is 22.6 Å². The predicted molar refractivity (Wildman–Crippen MR) is 96.7 cm³/mol. The quantitative estimate of drug-likeness (QED) is 0.399. The molecule has 1 aromatic carbocycles. The summed E-state index contributed by atoms with van der Waals surface area (Å²) in [6.07, 6.45) is -0.767. The highest BCUT2D eigenvalue weighted by molar-refractivity contribution is 14.1. The maximum absolute atomic E-state index is 12.2. The van der Waals surface area contributed by atoms with Crippen molar-refractivity contribution in [3.05, 3.63) is 27.3 Å². The molecule has 1 rings (SSSR count). The summed E-state index contributed by atoms with van der Waals surface area (Å²) in [5.74, 6) is -1.93. The third-order valence-electron chi connectivity index (χ3n) is 2.71. The molecule has 0 bridgehead atoms. The lowest BCUT2D eigenvalue weighted by atomic mass is 10.1. The number of anilines is 1. The van der Waals surface area contributed by atoms with Crippen LogP contribution in [-0.4, -0.2) is 41.3 Å². The Kier molecular flexibility index (Phi) is 6.81. The average molecular weight is 449 g/mol. The third-order valence-corrected chi connectivity index (χ3v) is 3.38. The first kappa shape index (κ1) is 20.0. The molecule has 0 aromatic heterocycles. The molecule has 2 amide bonds. The van der Waals surface area contributed by atoms with E-state index >= 15 is 0 Å². The molecular weight excluding hydrogens is 429 g/mol. The molecule has 1 unspecified atom stereocenters. The Hall–Kier alpha value is -2.04. The molecule has 1 aromatic rings. The van der Waals surface area contributed by atoms with Crippen molar-refractivity contribution in [1.82, 2.24) is 10.6 Å². The summed E-state index contributed by atoms with van der Waals surface area (Å²) >= 11 is 2.05. The zero-order valence-corrected chi connectivity index (χ0v) is 15.7. The minimum atomic E-state index is -1.32. The molecule has 0 saturated carbocycles. The maximum Gasteiger partial charge on any atom is 0.407 e. The Labute approximate surface area is 153 Å². The van der Waals surface area contributed by atoms with Crippen LogP contribution in [0, 0.1) is 3.57 Å². The highest BCUT2D eigenvalue weighted by Crippen LogP contribution is 2.15. The second kappa shape index (κ2) is 8.18. The van der Waals surface area contributed by atoms with E-state index in [0.717, 1.165) is 3.57 Å². The smallest absolute Gasteiger partial charge is 0.407 e. The molecule has 1 atom stereocenters. The Morgan fingerprint density at radius 1 is 1.33 bits per heavy atom. The van der Waals surface area contributed by atoms with Crippen LogP contribution in [0.3, 0.4) is 0 Å². The lowest BCUT2D eigenvalue weighted by molar-refractivity contribution is -0.139. The van der Waals surface area contributed by atoms with E-state index in [4.69, 9.17) is 10.5 Å². The first-order valence-electron chi connectivity index (χ1n) is 7.05. The summed E-state index contributed by atoms with van der Waals surface area (Å²) in [7, 11) is 0. The first-order chi connectivity index (χ1) is 11.0. The number of hydrogen-bond acceptors (Lipinski definition) is 5. The summed E-state index contributed by atoms with van der Waals surface area (Å²) in [5, 5.41) is 13.8. The fourth-order valence-electron chi connectivity index (χ4n) is 1.68. The van der Waals surface area contributed by atoms with E-state index in [2.05, 4.69) is 10.6 Å². The van der Waals surface area contributed by atoms with Crippen LogP contribution >= 0.6 is 22.6 Å². The van der Waals surface area contributed by atoms with Gasteiger partial charge in [0, 0.05) is 9.26 Å². The van der Waals surface area contributed by atoms with Crippen LogP contribution in [-0.2, 0) is 9.53 Å². The number of ether oxygens (including phenoxy) is 1. The Morgan fingerprint density at radius 3 is 2.46 bits per heavy atom. The topological polar surface area (TPSA) is 131 Å². The summed E-state index contributed by atoms with van der Waals surface area (Å²) in [6.45, 7) is 4.73. The number of alkyl carbamates (subject to hydrolysis) is 1. The number of rotatable bonds is 5. The van der Waals surface area contributed by atoms with Crippen LogP contribution in [0.5, 0.6) is 0 Å². The van der Waals surface area contributed by atoms with Gasteiger partial charge in [-0.1, -0.05) is 0 Å². The summed E-state index contributed by atoms with van der Waals surface area (Å²) < 4.78 is 5.86. The molecule has 9 heteroatoms. The Bertz CT molecular complexity index is 642.